The van der Waals surface area contributed by atoms with E-state index in [1.807, 2.05) is 6.20 Å². The van der Waals surface area contributed by atoms with Gasteiger partial charge in [0.2, 0.25) is 0 Å². The molecule has 1 N–H and O–H groups in total. The summed E-state index contributed by atoms with van der Waals surface area (Å²) in [6, 6.07) is 9.11. The lowest BCUT2D eigenvalue weighted by atomic mass is 9.96. The second kappa shape index (κ2) is 4.85. The molecule has 1 heterocycles. The number of aromatic nitrogens is 1. The minimum atomic E-state index is 0.474. The van der Waals surface area contributed by atoms with Gasteiger partial charge >= 0.3 is 0 Å². The summed E-state index contributed by atoms with van der Waals surface area (Å²) >= 11 is 0. The monoisotopic (exact) mass is 266 g/mol. The van der Waals surface area contributed by atoms with E-state index in [1.54, 1.807) is 0 Å². The maximum atomic E-state index is 4.47. The van der Waals surface area contributed by atoms with E-state index >= 15 is 0 Å². The first-order valence-corrected chi connectivity index (χ1v) is 7.90. The average Bonchev–Trinajstić information content (AvgIpc) is 3.23. The van der Waals surface area contributed by atoms with Gasteiger partial charge in [-0.1, -0.05) is 37.1 Å². The first-order valence-electron chi connectivity index (χ1n) is 7.90. The van der Waals surface area contributed by atoms with E-state index in [4.69, 9.17) is 0 Å². The van der Waals surface area contributed by atoms with E-state index in [0.29, 0.717) is 6.04 Å². The second-order valence-corrected chi connectivity index (χ2v) is 6.41. The van der Waals surface area contributed by atoms with Crippen LogP contribution < -0.4 is 5.32 Å². The van der Waals surface area contributed by atoms with Gasteiger partial charge in [-0.2, -0.15) is 0 Å². The van der Waals surface area contributed by atoms with Crippen LogP contribution in [0.1, 0.15) is 37.3 Å². The van der Waals surface area contributed by atoms with Gasteiger partial charge in [-0.05, 0) is 48.6 Å². The quantitative estimate of drug-likeness (QED) is 0.910. The Balaban J connectivity index is 1.73. The van der Waals surface area contributed by atoms with Gasteiger partial charge < -0.3 is 5.32 Å². The third-order valence-electron chi connectivity index (χ3n) is 5.45. The maximum Gasteiger partial charge on any atom is 0.0373 e. The molecule has 3 atom stereocenters. The summed E-state index contributed by atoms with van der Waals surface area (Å²) in [7, 11) is 2.11. The summed E-state index contributed by atoms with van der Waals surface area (Å²) in [6.45, 7) is 0. The molecule has 1 aromatic heterocycles. The standard InChI is InChI=1S/C18H22N2/c1-19-18(17-14-8-4-5-9-15(14)17)16-11-20-10-12-6-2-3-7-13(12)16/h2-3,6-7,10-11,14-15,17-19H,4-5,8-9H2,1H3. The van der Waals surface area contributed by atoms with Crippen molar-refractivity contribution < 1.29 is 0 Å². The molecule has 4 rings (SSSR count). The van der Waals surface area contributed by atoms with Gasteiger partial charge in [-0.25, -0.2) is 0 Å². The largest absolute Gasteiger partial charge is 0.313 e. The second-order valence-electron chi connectivity index (χ2n) is 6.41. The minimum absolute atomic E-state index is 0.474. The normalized spacial score (nSPS) is 29.9. The van der Waals surface area contributed by atoms with Gasteiger partial charge in [0.05, 0.1) is 0 Å². The molecule has 0 spiro atoms. The molecule has 2 saturated carbocycles. The molecular formula is C18H22N2. The number of nitrogens with zero attached hydrogens (tertiary/aromatic N) is 1. The smallest absolute Gasteiger partial charge is 0.0373 e. The van der Waals surface area contributed by atoms with Crippen molar-refractivity contribution >= 4 is 10.8 Å². The average molecular weight is 266 g/mol. The Bertz CT molecular complexity index is 604. The van der Waals surface area contributed by atoms with Crippen LogP contribution in [-0.2, 0) is 0 Å². The Morgan fingerprint density at radius 3 is 2.60 bits per heavy atom. The molecule has 2 nitrogen and oxygen atoms in total. The highest BCUT2D eigenvalue weighted by molar-refractivity contribution is 5.85. The van der Waals surface area contributed by atoms with Gasteiger partial charge in [-0.15, -0.1) is 0 Å². The van der Waals surface area contributed by atoms with E-state index in [2.05, 4.69) is 47.8 Å². The molecule has 1 aromatic carbocycles. The van der Waals surface area contributed by atoms with Crippen LogP contribution in [0, 0.1) is 17.8 Å². The molecule has 20 heavy (non-hydrogen) atoms. The lowest BCUT2D eigenvalue weighted by molar-refractivity contribution is 0.480. The van der Waals surface area contributed by atoms with Gasteiger partial charge in [-0.3, -0.25) is 4.98 Å². The van der Waals surface area contributed by atoms with Crippen LogP contribution in [0.2, 0.25) is 0 Å². The molecule has 2 heteroatoms. The van der Waals surface area contributed by atoms with Crippen LogP contribution in [0.5, 0.6) is 0 Å². The van der Waals surface area contributed by atoms with E-state index in [9.17, 15) is 0 Å². The van der Waals surface area contributed by atoms with Crippen LogP contribution in [0.4, 0.5) is 0 Å². The summed E-state index contributed by atoms with van der Waals surface area (Å²) < 4.78 is 0. The molecule has 2 aliphatic rings. The minimum Gasteiger partial charge on any atom is -0.313 e. The summed E-state index contributed by atoms with van der Waals surface area (Å²) in [5.74, 6) is 2.75. The molecule has 2 fully saturated rings. The number of hydrogen-bond acceptors (Lipinski definition) is 2. The zero-order chi connectivity index (χ0) is 13.5. The lowest BCUT2D eigenvalue weighted by Gasteiger charge is -2.19. The zero-order valence-electron chi connectivity index (χ0n) is 12.0. The molecule has 3 unspecified atom stereocenters. The summed E-state index contributed by atoms with van der Waals surface area (Å²) in [5.41, 5.74) is 1.39. The van der Waals surface area contributed by atoms with Gasteiger partial charge in [0.15, 0.2) is 0 Å². The van der Waals surface area contributed by atoms with Crippen molar-refractivity contribution in [3.05, 3.63) is 42.2 Å². The summed E-state index contributed by atoms with van der Waals surface area (Å²) in [4.78, 5) is 4.47. The van der Waals surface area contributed by atoms with Crippen molar-refractivity contribution in [2.45, 2.75) is 31.7 Å². The van der Waals surface area contributed by atoms with Gasteiger partial charge in [0.25, 0.3) is 0 Å². The van der Waals surface area contributed by atoms with Crippen molar-refractivity contribution in [2.24, 2.45) is 17.8 Å². The predicted octanol–water partition coefficient (Wildman–Crippen LogP) is 3.93. The molecule has 0 amide bonds. The van der Waals surface area contributed by atoms with Crippen molar-refractivity contribution in [1.29, 1.82) is 0 Å². The van der Waals surface area contributed by atoms with E-state index in [0.717, 1.165) is 17.8 Å². The van der Waals surface area contributed by atoms with Crippen LogP contribution >= 0.6 is 0 Å². The molecule has 0 saturated heterocycles. The fraction of sp³-hybridized carbons (Fsp3) is 0.500. The highest BCUT2D eigenvalue weighted by Crippen LogP contribution is 2.60. The number of pyridine rings is 1. The summed E-state index contributed by atoms with van der Waals surface area (Å²) in [6.07, 6.45) is 9.79. The van der Waals surface area contributed by atoms with E-state index in [1.165, 1.54) is 42.0 Å². The van der Waals surface area contributed by atoms with E-state index in [-0.39, 0.29) is 0 Å². The van der Waals surface area contributed by atoms with Crippen molar-refractivity contribution in [1.82, 2.24) is 10.3 Å². The van der Waals surface area contributed by atoms with Crippen LogP contribution in [0.3, 0.4) is 0 Å². The Morgan fingerprint density at radius 2 is 1.85 bits per heavy atom. The van der Waals surface area contributed by atoms with Crippen LogP contribution in [-0.4, -0.2) is 12.0 Å². The summed E-state index contributed by atoms with van der Waals surface area (Å²) in [5, 5.41) is 6.21. The van der Waals surface area contributed by atoms with Gasteiger partial charge in [0.1, 0.15) is 0 Å². The number of fused-ring (bicyclic) bond motifs is 2. The van der Waals surface area contributed by atoms with E-state index < -0.39 is 0 Å². The number of rotatable bonds is 3. The molecule has 2 aliphatic carbocycles. The fourth-order valence-corrected chi connectivity index (χ4v) is 4.49. The third kappa shape index (κ3) is 1.86. The highest BCUT2D eigenvalue weighted by atomic mass is 14.9. The molecule has 2 aromatic rings. The van der Waals surface area contributed by atoms with Crippen molar-refractivity contribution in [3.63, 3.8) is 0 Å². The molecule has 0 aliphatic heterocycles. The lowest BCUT2D eigenvalue weighted by Crippen LogP contribution is -2.20. The Hall–Kier alpha value is -1.41. The van der Waals surface area contributed by atoms with Crippen molar-refractivity contribution in [3.8, 4) is 0 Å². The van der Waals surface area contributed by atoms with Crippen LogP contribution in [0.15, 0.2) is 36.7 Å². The third-order valence-corrected chi connectivity index (χ3v) is 5.45. The molecule has 0 bridgehead atoms. The molecular weight excluding hydrogens is 244 g/mol. The Labute approximate surface area is 120 Å². The molecule has 104 valence electrons. The fourth-order valence-electron chi connectivity index (χ4n) is 4.49. The SMILES string of the molecule is CNC(c1cncc2ccccc12)C1C2CCCCC21. The maximum absolute atomic E-state index is 4.47. The zero-order valence-corrected chi connectivity index (χ0v) is 12.0. The predicted molar refractivity (Wildman–Crippen MR) is 82.5 cm³/mol. The number of benzene rings is 1. The van der Waals surface area contributed by atoms with Crippen molar-refractivity contribution in [2.75, 3.05) is 7.05 Å². The number of hydrogen-bond donors (Lipinski definition) is 1. The number of nitrogens with one attached hydrogen (secondary N) is 1. The Morgan fingerprint density at radius 1 is 1.10 bits per heavy atom. The van der Waals surface area contributed by atoms with Gasteiger partial charge in [0, 0.05) is 23.8 Å². The first-order chi connectivity index (χ1) is 9.90. The molecule has 0 radical (unpaired) electrons. The van der Waals surface area contributed by atoms with Crippen LogP contribution in [0.25, 0.3) is 10.8 Å². The first kappa shape index (κ1) is 12.3. The highest BCUT2D eigenvalue weighted by Gasteiger charge is 2.54. The Kier molecular flexibility index (Phi) is 2.99. The topological polar surface area (TPSA) is 24.9 Å².